The highest BCUT2D eigenvalue weighted by atomic mass is 16.5. The Hall–Kier alpha value is -0.830. The van der Waals surface area contributed by atoms with E-state index in [4.69, 9.17) is 9.84 Å². The van der Waals surface area contributed by atoms with Gasteiger partial charge in [0.1, 0.15) is 0 Å². The van der Waals surface area contributed by atoms with Gasteiger partial charge in [0.05, 0.1) is 6.10 Å². The van der Waals surface area contributed by atoms with Gasteiger partial charge < -0.3 is 9.84 Å². The Bertz CT molecular complexity index is 145. The molecule has 1 unspecified atom stereocenters. The van der Waals surface area contributed by atoms with E-state index in [-0.39, 0.29) is 5.57 Å². The molecule has 1 rings (SSSR count). The number of aliphatic carboxylic acids is 1. The first-order chi connectivity index (χ1) is 5.54. The number of carboxylic acid groups (broad SMARTS) is 1. The molecule has 1 aliphatic heterocycles. The number of hydrogen-bond acceptors (Lipinski definition) is 2. The summed E-state index contributed by atoms with van der Waals surface area (Å²) in [6.45, 7) is 7.71. The lowest BCUT2D eigenvalue weighted by Gasteiger charge is -1.94. The van der Waals surface area contributed by atoms with E-state index in [1.54, 1.807) is 0 Å². The first-order valence-corrected chi connectivity index (χ1v) is 4.04. The van der Waals surface area contributed by atoms with Crippen LogP contribution in [0.15, 0.2) is 12.2 Å². The monoisotopic (exact) mass is 172 g/mol. The molecule has 0 amide bonds. The van der Waals surface area contributed by atoms with Crippen LogP contribution in [0, 0.1) is 0 Å². The van der Waals surface area contributed by atoms with Crippen molar-refractivity contribution in [3.8, 4) is 0 Å². The zero-order valence-electron chi connectivity index (χ0n) is 7.67. The van der Waals surface area contributed by atoms with Crippen LogP contribution in [-0.4, -0.2) is 23.8 Å². The first kappa shape index (κ1) is 11.2. The number of ether oxygens (including phenoxy) is 1. The summed E-state index contributed by atoms with van der Waals surface area (Å²) < 4.78 is 5.15. The second kappa shape index (κ2) is 5.77. The quantitative estimate of drug-likeness (QED) is 0.614. The molecular formula is C9H16O3. The Balaban J connectivity index is 0.000000202. The number of rotatable bonds is 1. The van der Waals surface area contributed by atoms with Crippen molar-refractivity contribution < 1.29 is 14.6 Å². The van der Waals surface area contributed by atoms with Crippen LogP contribution in [0.25, 0.3) is 0 Å². The van der Waals surface area contributed by atoms with Gasteiger partial charge in [0, 0.05) is 12.2 Å². The smallest absolute Gasteiger partial charge is 0.330 e. The Morgan fingerprint density at radius 2 is 2.17 bits per heavy atom. The molecule has 0 saturated carbocycles. The highest BCUT2D eigenvalue weighted by molar-refractivity contribution is 5.84. The third-order valence-corrected chi connectivity index (χ3v) is 1.52. The van der Waals surface area contributed by atoms with Gasteiger partial charge in [-0.15, -0.1) is 0 Å². The molecule has 0 bridgehead atoms. The molecule has 0 radical (unpaired) electrons. The van der Waals surface area contributed by atoms with Crippen LogP contribution in [0.4, 0.5) is 0 Å². The van der Waals surface area contributed by atoms with Crippen LogP contribution in [0.2, 0.25) is 0 Å². The minimum Gasteiger partial charge on any atom is -0.478 e. The molecule has 1 heterocycles. The van der Waals surface area contributed by atoms with Gasteiger partial charge in [-0.05, 0) is 26.7 Å². The van der Waals surface area contributed by atoms with Crippen LogP contribution in [0.5, 0.6) is 0 Å². The third-order valence-electron chi connectivity index (χ3n) is 1.52. The van der Waals surface area contributed by atoms with Crippen molar-refractivity contribution in [2.45, 2.75) is 32.8 Å². The Labute approximate surface area is 73.0 Å². The summed E-state index contributed by atoms with van der Waals surface area (Å²) in [5, 5.41) is 7.89. The van der Waals surface area contributed by atoms with Gasteiger partial charge >= 0.3 is 5.97 Å². The Morgan fingerprint density at radius 1 is 1.67 bits per heavy atom. The van der Waals surface area contributed by atoms with E-state index in [0.29, 0.717) is 6.10 Å². The van der Waals surface area contributed by atoms with Crippen molar-refractivity contribution in [3.63, 3.8) is 0 Å². The van der Waals surface area contributed by atoms with Gasteiger partial charge in [-0.1, -0.05) is 6.58 Å². The van der Waals surface area contributed by atoms with Crippen LogP contribution < -0.4 is 0 Å². The number of carboxylic acids is 1. The molecule has 3 nitrogen and oxygen atoms in total. The lowest BCUT2D eigenvalue weighted by atomic mass is 10.3. The molecule has 12 heavy (non-hydrogen) atoms. The van der Waals surface area contributed by atoms with E-state index in [0.717, 1.165) is 6.61 Å². The SMILES string of the molecule is C=C(C)C(=O)O.CC1CCCO1. The molecule has 0 aromatic carbocycles. The van der Waals surface area contributed by atoms with Gasteiger partial charge in [-0.25, -0.2) is 4.79 Å². The number of hydrogen-bond donors (Lipinski definition) is 1. The summed E-state index contributed by atoms with van der Waals surface area (Å²) in [7, 11) is 0. The fraction of sp³-hybridized carbons (Fsp3) is 0.667. The molecule has 1 aliphatic rings. The second-order valence-corrected chi connectivity index (χ2v) is 2.91. The summed E-state index contributed by atoms with van der Waals surface area (Å²) in [5.41, 5.74) is 0.176. The second-order valence-electron chi connectivity index (χ2n) is 2.91. The molecule has 0 aromatic heterocycles. The third kappa shape index (κ3) is 5.92. The first-order valence-electron chi connectivity index (χ1n) is 4.04. The maximum Gasteiger partial charge on any atom is 0.330 e. The van der Waals surface area contributed by atoms with Crippen LogP contribution in [-0.2, 0) is 9.53 Å². The fourth-order valence-electron chi connectivity index (χ4n) is 0.739. The minimum absolute atomic E-state index is 0.176. The van der Waals surface area contributed by atoms with E-state index >= 15 is 0 Å². The average Bonchev–Trinajstić information content (AvgIpc) is 2.40. The maximum atomic E-state index is 9.60. The van der Waals surface area contributed by atoms with E-state index in [9.17, 15) is 4.79 Å². The van der Waals surface area contributed by atoms with Crippen LogP contribution >= 0.6 is 0 Å². The van der Waals surface area contributed by atoms with Gasteiger partial charge in [0.2, 0.25) is 0 Å². The zero-order valence-corrected chi connectivity index (χ0v) is 7.67. The zero-order chi connectivity index (χ0) is 9.56. The molecule has 70 valence electrons. The van der Waals surface area contributed by atoms with Crippen molar-refractivity contribution in [1.29, 1.82) is 0 Å². The van der Waals surface area contributed by atoms with Crippen molar-refractivity contribution in [2.24, 2.45) is 0 Å². The summed E-state index contributed by atoms with van der Waals surface area (Å²) in [5.74, 6) is -0.935. The van der Waals surface area contributed by atoms with Gasteiger partial charge in [-0.3, -0.25) is 0 Å². The molecule has 0 aliphatic carbocycles. The van der Waals surface area contributed by atoms with E-state index in [1.807, 2.05) is 0 Å². The van der Waals surface area contributed by atoms with Crippen molar-refractivity contribution in [1.82, 2.24) is 0 Å². The van der Waals surface area contributed by atoms with Gasteiger partial charge in [0.25, 0.3) is 0 Å². The predicted molar refractivity (Wildman–Crippen MR) is 47.1 cm³/mol. The minimum atomic E-state index is -0.935. The molecule has 1 fully saturated rings. The van der Waals surface area contributed by atoms with E-state index in [1.165, 1.54) is 19.8 Å². The largest absolute Gasteiger partial charge is 0.478 e. The van der Waals surface area contributed by atoms with Crippen LogP contribution in [0.1, 0.15) is 26.7 Å². The topological polar surface area (TPSA) is 46.5 Å². The summed E-state index contributed by atoms with van der Waals surface area (Å²) >= 11 is 0. The van der Waals surface area contributed by atoms with E-state index in [2.05, 4.69) is 13.5 Å². The van der Waals surface area contributed by atoms with Gasteiger partial charge in [0.15, 0.2) is 0 Å². The summed E-state index contributed by atoms with van der Waals surface area (Å²) in [6, 6.07) is 0. The highest BCUT2D eigenvalue weighted by Gasteiger charge is 2.07. The highest BCUT2D eigenvalue weighted by Crippen LogP contribution is 2.09. The Kier molecular flexibility index (Phi) is 5.37. The molecule has 1 saturated heterocycles. The van der Waals surface area contributed by atoms with Crippen molar-refractivity contribution in [2.75, 3.05) is 6.61 Å². The fourth-order valence-corrected chi connectivity index (χ4v) is 0.739. The average molecular weight is 172 g/mol. The van der Waals surface area contributed by atoms with Crippen molar-refractivity contribution in [3.05, 3.63) is 12.2 Å². The standard InChI is InChI=1S/C5H10O.C4H6O2/c1-5-3-2-4-6-5;1-3(2)4(5)6/h5H,2-4H2,1H3;1H2,2H3,(H,5,6). The molecule has 1 atom stereocenters. The van der Waals surface area contributed by atoms with Crippen molar-refractivity contribution >= 4 is 5.97 Å². The maximum absolute atomic E-state index is 9.60. The predicted octanol–water partition coefficient (Wildman–Crippen LogP) is 1.83. The lowest BCUT2D eigenvalue weighted by molar-refractivity contribution is -0.132. The molecule has 1 N–H and O–H groups in total. The summed E-state index contributed by atoms with van der Waals surface area (Å²) in [4.78, 5) is 9.60. The van der Waals surface area contributed by atoms with E-state index < -0.39 is 5.97 Å². The molecule has 3 heteroatoms. The molecule has 0 aromatic rings. The lowest BCUT2D eigenvalue weighted by Crippen LogP contribution is -1.94. The Morgan fingerprint density at radius 3 is 2.25 bits per heavy atom. The number of carbonyl (C=O) groups is 1. The summed E-state index contributed by atoms with van der Waals surface area (Å²) in [6.07, 6.45) is 3.08. The normalized spacial score (nSPS) is 21.0. The molecular weight excluding hydrogens is 156 g/mol. The molecule has 0 spiro atoms. The van der Waals surface area contributed by atoms with Gasteiger partial charge in [-0.2, -0.15) is 0 Å². The van der Waals surface area contributed by atoms with Crippen LogP contribution in [0.3, 0.4) is 0 Å².